The highest BCUT2D eigenvalue weighted by atomic mass is 19.3. The van der Waals surface area contributed by atoms with E-state index in [0.717, 1.165) is 24.8 Å². The van der Waals surface area contributed by atoms with Gasteiger partial charge >= 0.3 is 0 Å². The number of nitrogens with zero attached hydrogens (tertiary/aromatic N) is 2. The SMILES string of the molecule is O=Cc1cn(C2CCCCC2)nc1C1CCC(F)(F)CC1. The monoisotopic (exact) mass is 296 g/mol. The first kappa shape index (κ1) is 14.7. The molecule has 3 nitrogen and oxygen atoms in total. The van der Waals surface area contributed by atoms with Gasteiger partial charge in [0.1, 0.15) is 0 Å². The van der Waals surface area contributed by atoms with Crippen molar-refractivity contribution in [3.63, 3.8) is 0 Å². The highest BCUT2D eigenvalue weighted by Crippen LogP contribution is 2.41. The Hall–Kier alpha value is -1.26. The Morgan fingerprint density at radius 1 is 1.14 bits per heavy atom. The minimum absolute atomic E-state index is 0.00895. The highest BCUT2D eigenvalue weighted by molar-refractivity contribution is 5.76. The van der Waals surface area contributed by atoms with Crippen molar-refractivity contribution < 1.29 is 13.6 Å². The van der Waals surface area contributed by atoms with Gasteiger partial charge in [-0.3, -0.25) is 9.48 Å². The van der Waals surface area contributed by atoms with Crippen molar-refractivity contribution in [3.05, 3.63) is 17.5 Å². The summed E-state index contributed by atoms with van der Waals surface area (Å²) < 4.78 is 28.5. The Kier molecular flexibility index (Phi) is 4.09. The molecule has 0 bridgehead atoms. The number of hydrogen-bond donors (Lipinski definition) is 0. The molecule has 2 saturated carbocycles. The van der Waals surface area contributed by atoms with Crippen LogP contribution in [0.3, 0.4) is 0 Å². The number of carbonyl (C=O) groups is 1. The van der Waals surface area contributed by atoms with Gasteiger partial charge in [-0.2, -0.15) is 5.10 Å². The Morgan fingerprint density at radius 3 is 2.43 bits per heavy atom. The third kappa shape index (κ3) is 3.16. The van der Waals surface area contributed by atoms with E-state index in [1.165, 1.54) is 19.3 Å². The Balaban J connectivity index is 1.78. The first-order chi connectivity index (χ1) is 10.1. The molecule has 2 aliphatic rings. The van der Waals surface area contributed by atoms with Crippen molar-refractivity contribution in [2.45, 2.75) is 75.7 Å². The predicted molar refractivity (Wildman–Crippen MR) is 75.9 cm³/mol. The molecule has 0 atom stereocenters. The van der Waals surface area contributed by atoms with Crippen LogP contribution in [0.1, 0.15) is 85.8 Å². The third-order valence-electron chi connectivity index (χ3n) is 4.97. The van der Waals surface area contributed by atoms with E-state index in [4.69, 9.17) is 0 Å². The van der Waals surface area contributed by atoms with E-state index in [1.54, 1.807) is 0 Å². The van der Waals surface area contributed by atoms with Gasteiger partial charge in [-0.05, 0) is 25.7 Å². The Morgan fingerprint density at radius 2 is 1.81 bits per heavy atom. The smallest absolute Gasteiger partial charge is 0.248 e. The lowest BCUT2D eigenvalue weighted by Crippen LogP contribution is -2.24. The molecule has 0 unspecified atom stereocenters. The maximum absolute atomic E-state index is 13.3. The standard InChI is InChI=1S/C16H22F2N2O/c17-16(18)8-6-12(7-9-16)15-13(11-21)10-20(19-15)14-4-2-1-3-5-14/h10-12,14H,1-9H2. The van der Waals surface area contributed by atoms with Gasteiger partial charge in [0.05, 0.1) is 17.3 Å². The minimum Gasteiger partial charge on any atom is -0.298 e. The van der Waals surface area contributed by atoms with Crippen molar-refractivity contribution in [3.8, 4) is 0 Å². The number of hydrogen-bond acceptors (Lipinski definition) is 2. The van der Waals surface area contributed by atoms with E-state index in [-0.39, 0.29) is 18.8 Å². The van der Waals surface area contributed by atoms with Crippen LogP contribution in [0.5, 0.6) is 0 Å². The molecular formula is C16H22F2N2O. The maximum Gasteiger partial charge on any atom is 0.248 e. The van der Waals surface area contributed by atoms with Crippen LogP contribution in [0.4, 0.5) is 8.78 Å². The fourth-order valence-electron chi connectivity index (χ4n) is 3.67. The summed E-state index contributed by atoms with van der Waals surface area (Å²) in [6.45, 7) is 0. The zero-order valence-corrected chi connectivity index (χ0v) is 12.2. The molecule has 0 aromatic carbocycles. The van der Waals surface area contributed by atoms with Gasteiger partial charge in [-0.1, -0.05) is 19.3 Å². The van der Waals surface area contributed by atoms with Crippen LogP contribution >= 0.6 is 0 Å². The molecule has 1 heterocycles. The van der Waals surface area contributed by atoms with Gasteiger partial charge in [0.2, 0.25) is 5.92 Å². The second-order valence-corrected chi connectivity index (χ2v) is 6.49. The van der Waals surface area contributed by atoms with E-state index in [9.17, 15) is 13.6 Å². The van der Waals surface area contributed by atoms with Gasteiger partial charge in [0, 0.05) is 25.0 Å². The van der Waals surface area contributed by atoms with Crippen LogP contribution in [0, 0.1) is 0 Å². The summed E-state index contributed by atoms with van der Waals surface area (Å²) in [6, 6.07) is 0.372. The number of alkyl halides is 2. The molecule has 0 aliphatic heterocycles. The number of aldehydes is 1. The molecule has 0 N–H and O–H groups in total. The molecule has 1 aromatic heterocycles. The first-order valence-electron chi connectivity index (χ1n) is 8.01. The average Bonchev–Trinajstić information content (AvgIpc) is 2.92. The highest BCUT2D eigenvalue weighted by Gasteiger charge is 2.37. The zero-order chi connectivity index (χ0) is 14.9. The summed E-state index contributed by atoms with van der Waals surface area (Å²) in [5.41, 5.74) is 1.34. The second-order valence-electron chi connectivity index (χ2n) is 6.49. The number of halogens is 2. The molecule has 3 rings (SSSR count). The zero-order valence-electron chi connectivity index (χ0n) is 12.2. The molecule has 0 saturated heterocycles. The van der Waals surface area contributed by atoms with E-state index in [2.05, 4.69) is 5.10 Å². The number of aromatic nitrogens is 2. The maximum atomic E-state index is 13.3. The lowest BCUT2D eigenvalue weighted by molar-refractivity contribution is -0.0385. The van der Waals surface area contributed by atoms with Gasteiger partial charge in [0.25, 0.3) is 0 Å². The van der Waals surface area contributed by atoms with Crippen LogP contribution in [0.2, 0.25) is 0 Å². The lowest BCUT2D eigenvalue weighted by atomic mass is 9.84. The second kappa shape index (κ2) is 5.85. The molecular weight excluding hydrogens is 274 g/mol. The van der Waals surface area contributed by atoms with Crippen molar-refractivity contribution in [1.82, 2.24) is 9.78 Å². The Bertz CT molecular complexity index is 496. The fraction of sp³-hybridized carbons (Fsp3) is 0.750. The Labute approximate surface area is 123 Å². The van der Waals surface area contributed by atoms with E-state index >= 15 is 0 Å². The molecule has 1 aromatic rings. The van der Waals surface area contributed by atoms with Crippen LogP contribution in [0.25, 0.3) is 0 Å². The van der Waals surface area contributed by atoms with Gasteiger partial charge in [0.15, 0.2) is 6.29 Å². The topological polar surface area (TPSA) is 34.9 Å². The number of carbonyl (C=O) groups excluding carboxylic acids is 1. The minimum atomic E-state index is -2.54. The van der Waals surface area contributed by atoms with E-state index < -0.39 is 5.92 Å². The van der Waals surface area contributed by atoms with Crippen LogP contribution in [-0.4, -0.2) is 22.0 Å². The van der Waals surface area contributed by atoms with Crippen molar-refractivity contribution in [2.75, 3.05) is 0 Å². The molecule has 5 heteroatoms. The molecule has 2 aliphatic carbocycles. The van der Waals surface area contributed by atoms with Crippen molar-refractivity contribution in [1.29, 1.82) is 0 Å². The van der Waals surface area contributed by atoms with Crippen LogP contribution < -0.4 is 0 Å². The van der Waals surface area contributed by atoms with Crippen molar-refractivity contribution >= 4 is 6.29 Å². The van der Waals surface area contributed by atoms with Crippen molar-refractivity contribution in [2.24, 2.45) is 0 Å². The molecule has 0 radical (unpaired) electrons. The lowest BCUT2D eigenvalue weighted by Gasteiger charge is -2.27. The fourth-order valence-corrected chi connectivity index (χ4v) is 3.67. The molecule has 21 heavy (non-hydrogen) atoms. The summed E-state index contributed by atoms with van der Waals surface area (Å²) in [5, 5.41) is 4.62. The van der Waals surface area contributed by atoms with E-state index in [0.29, 0.717) is 24.4 Å². The van der Waals surface area contributed by atoms with Gasteiger partial charge < -0.3 is 0 Å². The summed E-state index contributed by atoms with van der Waals surface area (Å²) in [4.78, 5) is 11.3. The largest absolute Gasteiger partial charge is 0.298 e. The van der Waals surface area contributed by atoms with Gasteiger partial charge in [-0.15, -0.1) is 0 Å². The summed E-state index contributed by atoms with van der Waals surface area (Å²) in [6.07, 6.45) is 9.19. The first-order valence-corrected chi connectivity index (χ1v) is 8.01. The van der Waals surface area contributed by atoms with Gasteiger partial charge in [-0.25, -0.2) is 8.78 Å². The average molecular weight is 296 g/mol. The number of rotatable bonds is 3. The molecule has 0 spiro atoms. The van der Waals surface area contributed by atoms with Crippen LogP contribution in [-0.2, 0) is 0 Å². The summed E-state index contributed by atoms with van der Waals surface area (Å²) in [7, 11) is 0. The molecule has 0 amide bonds. The molecule has 2 fully saturated rings. The molecule has 116 valence electrons. The third-order valence-corrected chi connectivity index (χ3v) is 4.97. The van der Waals surface area contributed by atoms with E-state index in [1.807, 2.05) is 10.9 Å². The quantitative estimate of drug-likeness (QED) is 0.770. The predicted octanol–water partition coefficient (Wildman–Crippen LogP) is 4.49. The van der Waals surface area contributed by atoms with Crippen LogP contribution in [0.15, 0.2) is 6.20 Å². The summed E-state index contributed by atoms with van der Waals surface area (Å²) >= 11 is 0. The normalized spacial score (nSPS) is 24.1. The summed E-state index contributed by atoms with van der Waals surface area (Å²) in [5.74, 6) is -2.53.